The number of nitrogens with zero attached hydrogens (tertiary/aromatic N) is 1. The van der Waals surface area contributed by atoms with Crippen LogP contribution in [-0.2, 0) is 0 Å². The van der Waals surface area contributed by atoms with E-state index in [4.69, 9.17) is 12.2 Å². The average Bonchev–Trinajstić information content (AvgIpc) is 2.53. The van der Waals surface area contributed by atoms with Crippen LogP contribution in [0.1, 0.15) is 5.56 Å². The molecule has 1 aromatic heterocycles. The quantitative estimate of drug-likeness (QED) is 0.729. The summed E-state index contributed by atoms with van der Waals surface area (Å²) in [5.74, 6) is 0. The molecule has 13 heavy (non-hydrogen) atoms. The monoisotopic (exact) mass is 208 g/mol. The van der Waals surface area contributed by atoms with Crippen molar-refractivity contribution in [1.82, 2.24) is 9.36 Å². The molecule has 0 aliphatic carbocycles. The van der Waals surface area contributed by atoms with Gasteiger partial charge in [0.05, 0.1) is 0 Å². The molecule has 1 N–H and O–H groups in total. The number of aromatic nitrogens is 2. The second kappa shape index (κ2) is 3.40. The predicted octanol–water partition coefficient (Wildman–Crippen LogP) is 3.18. The number of hydrogen-bond acceptors (Lipinski definition) is 3. The standard InChI is InChI=1S/C9H8N2S2/c1-6-2-4-7(5-3-6)8-10-9(12)11-13-8/h2-5H,1H3,(H,11,12). The fraction of sp³-hybridized carbons (Fsp3) is 0.111. The zero-order valence-electron chi connectivity index (χ0n) is 7.07. The van der Waals surface area contributed by atoms with Crippen molar-refractivity contribution in [3.63, 3.8) is 0 Å². The molecule has 0 spiro atoms. The first-order valence-corrected chi connectivity index (χ1v) is 5.11. The van der Waals surface area contributed by atoms with Gasteiger partial charge in [-0.25, -0.2) is 4.98 Å². The maximum Gasteiger partial charge on any atom is 0.207 e. The molecule has 0 amide bonds. The van der Waals surface area contributed by atoms with Crippen LogP contribution in [0, 0.1) is 11.7 Å². The first-order chi connectivity index (χ1) is 6.25. The fourth-order valence-corrected chi connectivity index (χ4v) is 1.94. The van der Waals surface area contributed by atoms with Gasteiger partial charge in [0.25, 0.3) is 0 Å². The summed E-state index contributed by atoms with van der Waals surface area (Å²) in [7, 11) is 0. The molecule has 66 valence electrons. The molecule has 0 aliphatic rings. The van der Waals surface area contributed by atoms with Gasteiger partial charge in [0.15, 0.2) is 0 Å². The second-order valence-corrected chi connectivity index (χ2v) is 3.97. The Morgan fingerprint density at radius 1 is 1.31 bits per heavy atom. The molecule has 2 rings (SSSR count). The van der Waals surface area contributed by atoms with Gasteiger partial charge in [-0.05, 0) is 30.7 Å². The van der Waals surface area contributed by atoms with Crippen molar-refractivity contribution >= 4 is 23.8 Å². The number of aryl methyl sites for hydroxylation is 1. The number of rotatable bonds is 1. The summed E-state index contributed by atoms with van der Waals surface area (Å²) in [4.78, 5) is 4.19. The Hall–Kier alpha value is -1.00. The highest BCUT2D eigenvalue weighted by Crippen LogP contribution is 2.20. The van der Waals surface area contributed by atoms with Crippen molar-refractivity contribution in [2.75, 3.05) is 0 Å². The van der Waals surface area contributed by atoms with Gasteiger partial charge < -0.3 is 0 Å². The van der Waals surface area contributed by atoms with Crippen LogP contribution in [0.5, 0.6) is 0 Å². The molecule has 1 aromatic carbocycles. The molecule has 0 unspecified atom stereocenters. The summed E-state index contributed by atoms with van der Waals surface area (Å²) in [6.07, 6.45) is 0. The molecule has 0 saturated carbocycles. The molecule has 0 fully saturated rings. The zero-order chi connectivity index (χ0) is 9.26. The minimum atomic E-state index is 0.556. The molecule has 2 nitrogen and oxygen atoms in total. The smallest absolute Gasteiger partial charge is 0.207 e. The van der Waals surface area contributed by atoms with Crippen molar-refractivity contribution in [3.8, 4) is 10.6 Å². The van der Waals surface area contributed by atoms with Gasteiger partial charge in [-0.15, -0.1) is 0 Å². The molecule has 0 saturated heterocycles. The van der Waals surface area contributed by atoms with Crippen molar-refractivity contribution in [1.29, 1.82) is 0 Å². The minimum Gasteiger partial charge on any atom is -0.284 e. The molecule has 0 aliphatic heterocycles. The third kappa shape index (κ3) is 1.84. The fourth-order valence-electron chi connectivity index (χ4n) is 1.05. The van der Waals surface area contributed by atoms with Crippen LogP contribution >= 0.6 is 23.8 Å². The van der Waals surface area contributed by atoms with Crippen LogP contribution in [-0.4, -0.2) is 9.36 Å². The van der Waals surface area contributed by atoms with Gasteiger partial charge in [0.1, 0.15) is 5.01 Å². The molecule has 4 heteroatoms. The molecular formula is C9H8N2S2. The van der Waals surface area contributed by atoms with Crippen molar-refractivity contribution in [3.05, 3.63) is 34.6 Å². The highest BCUT2D eigenvalue weighted by Gasteiger charge is 1.99. The lowest BCUT2D eigenvalue weighted by molar-refractivity contribution is 1.29. The average molecular weight is 208 g/mol. The summed E-state index contributed by atoms with van der Waals surface area (Å²) in [6.45, 7) is 2.07. The lowest BCUT2D eigenvalue weighted by Crippen LogP contribution is -1.76. The van der Waals surface area contributed by atoms with Gasteiger partial charge in [0, 0.05) is 5.56 Å². The van der Waals surface area contributed by atoms with Gasteiger partial charge in [0.2, 0.25) is 4.77 Å². The van der Waals surface area contributed by atoms with E-state index in [-0.39, 0.29) is 0 Å². The van der Waals surface area contributed by atoms with Gasteiger partial charge in [-0.3, -0.25) is 4.37 Å². The Balaban J connectivity index is 2.47. The van der Waals surface area contributed by atoms with E-state index in [1.165, 1.54) is 17.1 Å². The van der Waals surface area contributed by atoms with Gasteiger partial charge in [-0.2, -0.15) is 0 Å². The largest absolute Gasteiger partial charge is 0.284 e. The normalized spacial score (nSPS) is 10.2. The van der Waals surface area contributed by atoms with E-state index in [0.717, 1.165) is 10.6 Å². The molecule has 0 radical (unpaired) electrons. The Bertz CT molecular complexity index is 453. The third-order valence-corrected chi connectivity index (χ3v) is 2.87. The predicted molar refractivity (Wildman–Crippen MR) is 57.5 cm³/mol. The molecule has 0 atom stereocenters. The highest BCUT2D eigenvalue weighted by molar-refractivity contribution is 7.71. The molecule has 0 bridgehead atoms. The Morgan fingerprint density at radius 2 is 2.00 bits per heavy atom. The maximum atomic E-state index is 4.90. The number of H-pyrrole nitrogens is 1. The Morgan fingerprint density at radius 3 is 2.54 bits per heavy atom. The second-order valence-electron chi connectivity index (χ2n) is 2.79. The van der Waals surface area contributed by atoms with Crippen LogP contribution in [0.25, 0.3) is 10.6 Å². The lowest BCUT2D eigenvalue weighted by Gasteiger charge is -1.94. The summed E-state index contributed by atoms with van der Waals surface area (Å²) in [6, 6.07) is 8.24. The zero-order valence-corrected chi connectivity index (χ0v) is 8.71. The van der Waals surface area contributed by atoms with Crippen LogP contribution in [0.2, 0.25) is 0 Å². The van der Waals surface area contributed by atoms with E-state index < -0.39 is 0 Å². The van der Waals surface area contributed by atoms with Crippen molar-refractivity contribution in [2.45, 2.75) is 6.92 Å². The van der Waals surface area contributed by atoms with Crippen LogP contribution in [0.3, 0.4) is 0 Å². The first kappa shape index (κ1) is 8.59. The SMILES string of the molecule is Cc1ccc(-c2nc(=S)[nH]s2)cc1. The van der Waals surface area contributed by atoms with Gasteiger partial charge >= 0.3 is 0 Å². The summed E-state index contributed by atoms with van der Waals surface area (Å²) < 4.78 is 3.48. The Labute approximate surface area is 85.4 Å². The Kier molecular flexibility index (Phi) is 2.24. The first-order valence-electron chi connectivity index (χ1n) is 3.88. The summed E-state index contributed by atoms with van der Waals surface area (Å²) in [5.41, 5.74) is 2.37. The number of benzene rings is 1. The van der Waals surface area contributed by atoms with Gasteiger partial charge in [-0.1, -0.05) is 29.8 Å². The molecular weight excluding hydrogens is 200 g/mol. The van der Waals surface area contributed by atoms with E-state index in [1.54, 1.807) is 0 Å². The van der Waals surface area contributed by atoms with Crippen LogP contribution in [0.15, 0.2) is 24.3 Å². The van der Waals surface area contributed by atoms with E-state index >= 15 is 0 Å². The maximum absolute atomic E-state index is 4.90. The topological polar surface area (TPSA) is 28.7 Å². The van der Waals surface area contributed by atoms with E-state index in [9.17, 15) is 0 Å². The summed E-state index contributed by atoms with van der Waals surface area (Å²) in [5, 5.41) is 0.949. The van der Waals surface area contributed by atoms with Crippen molar-refractivity contribution < 1.29 is 0 Å². The van der Waals surface area contributed by atoms with E-state index in [1.807, 2.05) is 0 Å². The van der Waals surface area contributed by atoms with Crippen molar-refractivity contribution in [2.24, 2.45) is 0 Å². The molecule has 2 aromatic rings. The van der Waals surface area contributed by atoms with Crippen LogP contribution < -0.4 is 0 Å². The number of hydrogen-bond donors (Lipinski definition) is 1. The number of nitrogens with one attached hydrogen (secondary N) is 1. The van der Waals surface area contributed by atoms with E-state index in [0.29, 0.717) is 4.77 Å². The van der Waals surface area contributed by atoms with Crippen LogP contribution in [0.4, 0.5) is 0 Å². The third-order valence-electron chi connectivity index (χ3n) is 1.74. The highest BCUT2D eigenvalue weighted by atomic mass is 32.1. The minimum absolute atomic E-state index is 0.556. The summed E-state index contributed by atoms with van der Waals surface area (Å²) >= 11 is 6.37. The number of aromatic amines is 1. The lowest BCUT2D eigenvalue weighted by atomic mass is 10.2. The molecule has 1 heterocycles. The van der Waals surface area contributed by atoms with E-state index in [2.05, 4.69) is 40.5 Å².